The number of hydrogen-bond donors (Lipinski definition) is 0. The van der Waals surface area contributed by atoms with Gasteiger partial charge >= 0.3 is 5.97 Å². The van der Waals surface area contributed by atoms with Crippen LogP contribution >= 0.6 is 0 Å². The zero-order valence-electron chi connectivity index (χ0n) is 17.4. The first-order valence-corrected chi connectivity index (χ1v) is 9.91. The highest BCUT2D eigenvalue weighted by atomic mass is 16.5. The van der Waals surface area contributed by atoms with Crippen molar-refractivity contribution < 1.29 is 9.53 Å². The molecule has 0 fully saturated rings. The second-order valence-electron chi connectivity index (χ2n) is 7.47. The van der Waals surface area contributed by atoms with Gasteiger partial charge in [0.25, 0.3) is 0 Å². The van der Waals surface area contributed by atoms with Crippen molar-refractivity contribution in [3.63, 3.8) is 0 Å². The average molecular weight is 396 g/mol. The fraction of sp³-hybridized carbons (Fsp3) is 0.154. The Kier molecular flexibility index (Phi) is 5.48. The Morgan fingerprint density at radius 3 is 2.67 bits per heavy atom. The number of para-hydroxylation sites is 1. The number of benzene rings is 3. The minimum absolute atomic E-state index is 0.324. The Morgan fingerprint density at radius 1 is 1.03 bits per heavy atom. The summed E-state index contributed by atoms with van der Waals surface area (Å²) in [6.45, 7) is 4.82. The molecule has 0 amide bonds. The van der Waals surface area contributed by atoms with E-state index in [2.05, 4.69) is 54.9 Å². The molecule has 0 N–H and O–H groups in total. The first-order chi connectivity index (χ1) is 14.5. The Labute approximate surface area is 176 Å². The summed E-state index contributed by atoms with van der Waals surface area (Å²) in [5, 5.41) is 1.15. The van der Waals surface area contributed by atoms with Gasteiger partial charge in [0.1, 0.15) is 0 Å². The maximum atomic E-state index is 11.9. The normalized spacial score (nSPS) is 11.3. The van der Waals surface area contributed by atoms with Crippen LogP contribution in [0.3, 0.4) is 0 Å². The van der Waals surface area contributed by atoms with Crippen molar-refractivity contribution in [2.24, 2.45) is 4.99 Å². The van der Waals surface area contributed by atoms with E-state index in [1.807, 2.05) is 36.5 Å². The van der Waals surface area contributed by atoms with Gasteiger partial charge in [-0.15, -0.1) is 0 Å². The number of nitrogens with zero attached hydrogens (tertiary/aromatic N) is 2. The number of hydrogen-bond acceptors (Lipinski definition) is 3. The van der Waals surface area contributed by atoms with E-state index in [0.29, 0.717) is 12.1 Å². The van der Waals surface area contributed by atoms with E-state index >= 15 is 0 Å². The smallest absolute Gasteiger partial charge is 0.337 e. The number of carbonyl (C=O) groups excluding carboxylic acids is 1. The lowest BCUT2D eigenvalue weighted by Gasteiger charge is -2.07. The number of fused-ring (bicyclic) bond motifs is 1. The molecule has 30 heavy (non-hydrogen) atoms. The van der Waals surface area contributed by atoms with Crippen molar-refractivity contribution in [3.05, 3.63) is 101 Å². The average Bonchev–Trinajstić information content (AvgIpc) is 3.10. The van der Waals surface area contributed by atoms with Gasteiger partial charge in [-0.25, -0.2) is 4.79 Å². The van der Waals surface area contributed by atoms with Crippen LogP contribution in [0.5, 0.6) is 0 Å². The molecule has 4 aromatic rings. The zero-order valence-corrected chi connectivity index (χ0v) is 17.4. The molecule has 0 aliphatic carbocycles. The molecular formula is C26H24N2O2. The first kappa shape index (κ1) is 19.6. The largest absolute Gasteiger partial charge is 0.465 e. The van der Waals surface area contributed by atoms with Gasteiger partial charge in [0, 0.05) is 35.4 Å². The van der Waals surface area contributed by atoms with Crippen molar-refractivity contribution in [2.75, 3.05) is 7.11 Å². The predicted octanol–water partition coefficient (Wildman–Crippen LogP) is 5.84. The third-order valence-electron chi connectivity index (χ3n) is 5.22. The quantitative estimate of drug-likeness (QED) is 0.314. The van der Waals surface area contributed by atoms with E-state index in [9.17, 15) is 4.79 Å². The summed E-state index contributed by atoms with van der Waals surface area (Å²) < 4.78 is 7.03. The molecule has 0 saturated carbocycles. The van der Waals surface area contributed by atoms with Crippen LogP contribution in [0.15, 0.2) is 77.9 Å². The standard InChI is InChI=1S/C26H24N2O2/c1-18-11-12-24(19(2)13-18)27-15-22-17-28(25-10-5-4-9-23(22)25)16-20-7-6-8-21(14-20)26(29)30-3/h4-15,17H,16H2,1-3H3. The van der Waals surface area contributed by atoms with Crippen LogP contribution < -0.4 is 0 Å². The second-order valence-corrected chi connectivity index (χ2v) is 7.47. The van der Waals surface area contributed by atoms with Crippen molar-refractivity contribution in [1.82, 2.24) is 4.57 Å². The molecule has 0 aliphatic heterocycles. The molecule has 4 nitrogen and oxygen atoms in total. The topological polar surface area (TPSA) is 43.6 Å². The monoisotopic (exact) mass is 396 g/mol. The van der Waals surface area contributed by atoms with Crippen molar-refractivity contribution in [1.29, 1.82) is 0 Å². The van der Waals surface area contributed by atoms with Gasteiger partial charge in [-0.2, -0.15) is 0 Å². The number of ether oxygens (including phenoxy) is 1. The van der Waals surface area contributed by atoms with E-state index in [-0.39, 0.29) is 5.97 Å². The molecule has 0 spiro atoms. The van der Waals surface area contributed by atoms with E-state index in [1.165, 1.54) is 12.7 Å². The minimum atomic E-state index is -0.324. The zero-order chi connectivity index (χ0) is 21.1. The fourth-order valence-corrected chi connectivity index (χ4v) is 3.71. The van der Waals surface area contributed by atoms with Crippen molar-refractivity contribution in [2.45, 2.75) is 20.4 Å². The maximum Gasteiger partial charge on any atom is 0.337 e. The summed E-state index contributed by atoms with van der Waals surface area (Å²) in [6, 6.07) is 22.1. The molecule has 0 atom stereocenters. The molecule has 150 valence electrons. The lowest BCUT2D eigenvalue weighted by atomic mass is 10.1. The van der Waals surface area contributed by atoms with Crippen molar-refractivity contribution in [3.8, 4) is 0 Å². The molecule has 1 aromatic heterocycles. The summed E-state index contributed by atoms with van der Waals surface area (Å²) in [5.74, 6) is -0.324. The molecule has 4 heteroatoms. The lowest BCUT2D eigenvalue weighted by Crippen LogP contribution is -2.03. The fourth-order valence-electron chi connectivity index (χ4n) is 3.71. The van der Waals surface area contributed by atoms with Crippen LogP contribution in [0, 0.1) is 13.8 Å². The lowest BCUT2D eigenvalue weighted by molar-refractivity contribution is 0.0600. The van der Waals surface area contributed by atoms with Crippen LogP contribution in [0.25, 0.3) is 10.9 Å². The van der Waals surface area contributed by atoms with E-state index in [1.54, 1.807) is 6.07 Å². The molecule has 0 unspecified atom stereocenters. The van der Waals surface area contributed by atoms with Gasteiger partial charge in [-0.1, -0.05) is 48.0 Å². The molecule has 1 heterocycles. The minimum Gasteiger partial charge on any atom is -0.465 e. The molecule has 3 aromatic carbocycles. The van der Waals surface area contributed by atoms with Gasteiger partial charge in [0.2, 0.25) is 0 Å². The number of rotatable bonds is 5. The summed E-state index contributed by atoms with van der Waals surface area (Å²) in [4.78, 5) is 16.6. The molecule has 0 saturated heterocycles. The molecule has 0 radical (unpaired) electrons. The predicted molar refractivity (Wildman–Crippen MR) is 122 cm³/mol. The van der Waals surface area contributed by atoms with E-state index in [0.717, 1.165) is 33.3 Å². The number of esters is 1. The molecule has 0 bridgehead atoms. The highest BCUT2D eigenvalue weighted by molar-refractivity contribution is 6.00. The number of methoxy groups -OCH3 is 1. The SMILES string of the molecule is COC(=O)c1cccc(Cn2cc(C=Nc3ccc(C)cc3C)c3ccccc32)c1. The van der Waals surface area contributed by atoms with Crippen LogP contribution in [-0.4, -0.2) is 23.9 Å². The van der Waals surface area contributed by atoms with Gasteiger partial charge in [0.05, 0.1) is 18.4 Å². The summed E-state index contributed by atoms with van der Waals surface area (Å²) in [7, 11) is 1.40. The number of aliphatic imine (C=N–C) groups is 1. The van der Waals surface area contributed by atoms with E-state index in [4.69, 9.17) is 9.73 Å². The van der Waals surface area contributed by atoms with Gasteiger partial charge in [-0.3, -0.25) is 4.99 Å². The van der Waals surface area contributed by atoms with Gasteiger partial charge in [0.15, 0.2) is 0 Å². The molecule has 4 rings (SSSR count). The summed E-state index contributed by atoms with van der Waals surface area (Å²) in [5.41, 5.74) is 7.16. The third kappa shape index (κ3) is 4.03. The van der Waals surface area contributed by atoms with Crippen LogP contribution in [0.1, 0.15) is 32.6 Å². The van der Waals surface area contributed by atoms with Crippen LogP contribution in [-0.2, 0) is 11.3 Å². The molecule has 0 aliphatic rings. The number of aromatic nitrogens is 1. The Hall–Kier alpha value is -3.66. The van der Waals surface area contributed by atoms with Crippen LogP contribution in [0.2, 0.25) is 0 Å². The van der Waals surface area contributed by atoms with Crippen molar-refractivity contribution >= 4 is 28.8 Å². The Morgan fingerprint density at radius 2 is 1.87 bits per heavy atom. The number of aryl methyl sites for hydroxylation is 2. The Bertz CT molecular complexity index is 1250. The summed E-state index contributed by atoms with van der Waals surface area (Å²) >= 11 is 0. The van der Waals surface area contributed by atoms with Gasteiger partial charge < -0.3 is 9.30 Å². The second kappa shape index (κ2) is 8.37. The highest BCUT2D eigenvalue weighted by Gasteiger charge is 2.10. The first-order valence-electron chi connectivity index (χ1n) is 9.91. The summed E-state index contributed by atoms with van der Waals surface area (Å²) in [6.07, 6.45) is 4.05. The van der Waals surface area contributed by atoms with Gasteiger partial charge in [-0.05, 0) is 49.2 Å². The Balaban J connectivity index is 1.69. The molecular weight excluding hydrogens is 372 g/mol. The van der Waals surface area contributed by atoms with E-state index < -0.39 is 0 Å². The maximum absolute atomic E-state index is 11.9. The third-order valence-corrected chi connectivity index (χ3v) is 5.22. The highest BCUT2D eigenvalue weighted by Crippen LogP contribution is 2.24. The number of carbonyl (C=O) groups is 1. The van der Waals surface area contributed by atoms with Crippen LogP contribution in [0.4, 0.5) is 5.69 Å².